The maximum atomic E-state index is 10.3. The monoisotopic (exact) mass is 409 g/mol. The Balaban J connectivity index is 0.000000180. The molecule has 30 heavy (non-hydrogen) atoms. The Bertz CT molecular complexity index is 1240. The van der Waals surface area contributed by atoms with E-state index in [0.717, 1.165) is 0 Å². The Morgan fingerprint density at radius 3 is 1.90 bits per heavy atom. The Hall–Kier alpha value is -3.91. The summed E-state index contributed by atoms with van der Waals surface area (Å²) in [6, 6.07) is 21.4. The van der Waals surface area contributed by atoms with Crippen molar-refractivity contribution in [1.29, 1.82) is 0 Å². The average Bonchev–Trinajstić information content (AvgIpc) is 3.06. The van der Waals surface area contributed by atoms with Crippen molar-refractivity contribution in [2.45, 2.75) is 18.4 Å². The van der Waals surface area contributed by atoms with Crippen molar-refractivity contribution in [3.8, 4) is 0 Å². The molecule has 0 unspecified atom stereocenters. The van der Waals surface area contributed by atoms with Gasteiger partial charge in [0.2, 0.25) is 0 Å². The normalized spacial score (nSPS) is 11.2. The number of nitrogens with one attached hydrogen (secondary N) is 1. The molecule has 0 spiro atoms. The summed E-state index contributed by atoms with van der Waals surface area (Å²) in [4.78, 5) is 34.0. The van der Waals surface area contributed by atoms with Crippen LogP contribution in [0.4, 0.5) is 0 Å². The minimum Gasteiger partial charge on any atom is -0.481 e. The van der Waals surface area contributed by atoms with E-state index in [0.29, 0.717) is 0 Å². The number of carboxylic acid groups (broad SMARTS) is 3. The number of H-pyrrole nitrogens is 1. The standard InChI is InChI=1S/C16H11N.C6H8O7/c1-2-6-12-11(5-1)9-10-15-16(12)13-7-3-4-8-14(13)17-15;7-3(8)1-6(13,5(11)12)2-4(9)10/h1-10,17H;13H,1-2H2,(H,7,8)(H,9,10)(H,11,12). The number of aromatic nitrogens is 1. The van der Waals surface area contributed by atoms with Gasteiger partial charge < -0.3 is 25.4 Å². The van der Waals surface area contributed by atoms with Crippen LogP contribution in [0.3, 0.4) is 0 Å². The lowest BCUT2D eigenvalue weighted by Gasteiger charge is -2.18. The smallest absolute Gasteiger partial charge is 0.336 e. The molecule has 0 aliphatic carbocycles. The van der Waals surface area contributed by atoms with Crippen molar-refractivity contribution >= 4 is 50.5 Å². The molecule has 0 aliphatic rings. The van der Waals surface area contributed by atoms with Crippen LogP contribution in [0.25, 0.3) is 32.6 Å². The van der Waals surface area contributed by atoms with Crippen molar-refractivity contribution in [2.24, 2.45) is 0 Å². The van der Waals surface area contributed by atoms with Crippen LogP contribution >= 0.6 is 0 Å². The van der Waals surface area contributed by atoms with E-state index in [-0.39, 0.29) is 0 Å². The summed E-state index contributed by atoms with van der Waals surface area (Å²) in [5.74, 6) is -5.02. The topological polar surface area (TPSA) is 148 Å². The number of hydrogen-bond acceptors (Lipinski definition) is 4. The lowest BCUT2D eigenvalue weighted by atomic mass is 9.96. The second-order valence-corrected chi connectivity index (χ2v) is 6.86. The van der Waals surface area contributed by atoms with Crippen molar-refractivity contribution in [3.63, 3.8) is 0 Å². The number of aromatic amines is 1. The third-order valence-electron chi connectivity index (χ3n) is 4.68. The number of carboxylic acids is 3. The first kappa shape index (κ1) is 20.8. The summed E-state index contributed by atoms with van der Waals surface area (Å²) in [5.41, 5.74) is -0.318. The van der Waals surface area contributed by atoms with Gasteiger partial charge >= 0.3 is 17.9 Å². The second-order valence-electron chi connectivity index (χ2n) is 6.86. The van der Waals surface area contributed by atoms with E-state index < -0.39 is 36.4 Å². The Labute approximate surface area is 170 Å². The molecule has 4 rings (SSSR count). The van der Waals surface area contributed by atoms with E-state index in [9.17, 15) is 14.4 Å². The van der Waals surface area contributed by atoms with Crippen LogP contribution in [0.15, 0.2) is 60.7 Å². The van der Waals surface area contributed by atoms with Crippen LogP contribution in [0.2, 0.25) is 0 Å². The van der Waals surface area contributed by atoms with Crippen LogP contribution in [-0.4, -0.2) is 48.9 Å². The fourth-order valence-corrected chi connectivity index (χ4v) is 3.34. The zero-order valence-corrected chi connectivity index (χ0v) is 15.7. The van der Waals surface area contributed by atoms with Gasteiger partial charge in [0, 0.05) is 21.8 Å². The first-order chi connectivity index (χ1) is 14.2. The number of aliphatic carboxylic acids is 3. The molecule has 1 heterocycles. The summed E-state index contributed by atoms with van der Waals surface area (Å²) >= 11 is 0. The second kappa shape index (κ2) is 8.22. The van der Waals surface area contributed by atoms with Gasteiger partial charge in [-0.25, -0.2) is 4.79 Å². The van der Waals surface area contributed by atoms with Crippen LogP contribution < -0.4 is 0 Å². The number of para-hydroxylation sites is 1. The molecule has 0 atom stereocenters. The number of aliphatic hydroxyl groups is 1. The molecule has 0 aliphatic heterocycles. The molecule has 0 radical (unpaired) electrons. The van der Waals surface area contributed by atoms with E-state index in [2.05, 4.69) is 65.6 Å². The quantitative estimate of drug-likeness (QED) is 0.340. The number of benzene rings is 3. The highest BCUT2D eigenvalue weighted by Crippen LogP contribution is 2.31. The number of rotatable bonds is 5. The molecule has 8 nitrogen and oxygen atoms in total. The molecule has 3 aromatic carbocycles. The van der Waals surface area contributed by atoms with Gasteiger partial charge in [0.1, 0.15) is 0 Å². The van der Waals surface area contributed by atoms with Gasteiger partial charge in [-0.05, 0) is 22.9 Å². The molecule has 0 fully saturated rings. The molecule has 0 amide bonds. The summed E-state index contributed by atoms with van der Waals surface area (Å²) in [6.07, 6.45) is -2.29. The molecule has 154 valence electrons. The summed E-state index contributed by atoms with van der Waals surface area (Å²) < 4.78 is 0. The summed E-state index contributed by atoms with van der Waals surface area (Å²) in [7, 11) is 0. The summed E-state index contributed by atoms with van der Waals surface area (Å²) in [5, 5.41) is 39.1. The SMILES string of the molecule is O=C(O)CC(O)(CC(=O)O)C(=O)O.c1ccc2c(c1)ccc1[nH]c3ccccc3c12. The van der Waals surface area contributed by atoms with E-state index in [4.69, 9.17) is 20.4 Å². The maximum absolute atomic E-state index is 10.3. The predicted octanol–water partition coefficient (Wildman–Crippen LogP) is 3.23. The fourth-order valence-electron chi connectivity index (χ4n) is 3.34. The fraction of sp³-hybridized carbons (Fsp3) is 0.136. The minimum atomic E-state index is -2.74. The Morgan fingerprint density at radius 1 is 0.733 bits per heavy atom. The van der Waals surface area contributed by atoms with E-state index in [1.54, 1.807) is 0 Å². The van der Waals surface area contributed by atoms with Crippen molar-refractivity contribution in [3.05, 3.63) is 60.7 Å². The van der Waals surface area contributed by atoms with Gasteiger partial charge in [0.05, 0.1) is 12.8 Å². The first-order valence-corrected chi connectivity index (χ1v) is 8.99. The van der Waals surface area contributed by atoms with Gasteiger partial charge in [-0.3, -0.25) is 9.59 Å². The molecule has 0 bridgehead atoms. The Kier molecular flexibility index (Phi) is 5.70. The third kappa shape index (κ3) is 4.23. The number of hydrogen-bond donors (Lipinski definition) is 5. The molecule has 8 heteroatoms. The van der Waals surface area contributed by atoms with E-state index in [1.807, 2.05) is 0 Å². The zero-order chi connectivity index (χ0) is 21.9. The van der Waals surface area contributed by atoms with Crippen molar-refractivity contribution in [2.75, 3.05) is 0 Å². The van der Waals surface area contributed by atoms with Crippen LogP contribution in [-0.2, 0) is 14.4 Å². The van der Waals surface area contributed by atoms with Gasteiger partial charge in [0.25, 0.3) is 0 Å². The molecular formula is C22H19NO7. The van der Waals surface area contributed by atoms with Gasteiger partial charge in [0.15, 0.2) is 5.60 Å². The molecule has 5 N–H and O–H groups in total. The van der Waals surface area contributed by atoms with Gasteiger partial charge in [-0.1, -0.05) is 48.5 Å². The highest BCUT2D eigenvalue weighted by molar-refractivity contribution is 6.20. The van der Waals surface area contributed by atoms with Crippen LogP contribution in [0.5, 0.6) is 0 Å². The van der Waals surface area contributed by atoms with E-state index >= 15 is 0 Å². The molecule has 0 saturated carbocycles. The predicted molar refractivity (Wildman–Crippen MR) is 110 cm³/mol. The van der Waals surface area contributed by atoms with Crippen LogP contribution in [0.1, 0.15) is 12.8 Å². The van der Waals surface area contributed by atoms with Gasteiger partial charge in [-0.15, -0.1) is 0 Å². The highest BCUT2D eigenvalue weighted by atomic mass is 16.4. The van der Waals surface area contributed by atoms with Crippen molar-refractivity contribution in [1.82, 2.24) is 4.98 Å². The first-order valence-electron chi connectivity index (χ1n) is 8.99. The minimum absolute atomic E-state index is 1.14. The Morgan fingerprint density at radius 2 is 1.30 bits per heavy atom. The lowest BCUT2D eigenvalue weighted by Crippen LogP contribution is -2.42. The summed E-state index contributed by atoms with van der Waals surface area (Å²) in [6.45, 7) is 0. The molecule has 1 aromatic heterocycles. The molecule has 0 saturated heterocycles. The largest absolute Gasteiger partial charge is 0.481 e. The van der Waals surface area contributed by atoms with Crippen molar-refractivity contribution < 1.29 is 34.8 Å². The zero-order valence-electron chi connectivity index (χ0n) is 15.7. The molecular weight excluding hydrogens is 390 g/mol. The van der Waals surface area contributed by atoms with Gasteiger partial charge in [-0.2, -0.15) is 0 Å². The number of fused-ring (bicyclic) bond motifs is 5. The maximum Gasteiger partial charge on any atom is 0.336 e. The average molecular weight is 409 g/mol. The highest BCUT2D eigenvalue weighted by Gasteiger charge is 2.40. The van der Waals surface area contributed by atoms with E-state index in [1.165, 1.54) is 32.6 Å². The lowest BCUT2D eigenvalue weighted by molar-refractivity contribution is -0.170. The number of carbonyl (C=O) groups is 3. The molecule has 4 aromatic rings. The third-order valence-corrected chi connectivity index (χ3v) is 4.68. The van der Waals surface area contributed by atoms with Crippen LogP contribution in [0, 0.1) is 0 Å².